The number of rotatable bonds is 1. The first kappa shape index (κ1) is 12.5. The Morgan fingerprint density at radius 2 is 1.90 bits per heavy atom. The van der Waals surface area contributed by atoms with Gasteiger partial charge in [-0.05, 0) is 36.1 Å². The molecule has 21 heavy (non-hydrogen) atoms. The van der Waals surface area contributed by atoms with E-state index in [1.54, 1.807) is 0 Å². The molecule has 2 aromatic carbocycles. The van der Waals surface area contributed by atoms with Gasteiger partial charge in [0.2, 0.25) is 5.91 Å². The van der Waals surface area contributed by atoms with E-state index in [-0.39, 0.29) is 11.8 Å². The first-order valence-corrected chi connectivity index (χ1v) is 7.56. The predicted molar refractivity (Wildman–Crippen MR) is 84.8 cm³/mol. The molecule has 4 rings (SSSR count). The van der Waals surface area contributed by atoms with Gasteiger partial charge in [0.05, 0.1) is 17.3 Å². The molecule has 1 aliphatic heterocycles. The second-order valence-corrected chi connectivity index (χ2v) is 5.74. The Balaban J connectivity index is 1.67. The average molecular weight is 278 g/mol. The Kier molecular flexibility index (Phi) is 2.92. The van der Waals surface area contributed by atoms with E-state index >= 15 is 0 Å². The molecular formula is C18H18N2O. The van der Waals surface area contributed by atoms with Crippen molar-refractivity contribution in [2.24, 2.45) is 0 Å². The zero-order valence-corrected chi connectivity index (χ0v) is 11.9. The molecule has 0 aromatic heterocycles. The SMILES string of the molecule is O=C(C1Cc2ccccc21)N1CCCNc2ccccc21. The first-order valence-electron chi connectivity index (χ1n) is 7.56. The zero-order chi connectivity index (χ0) is 14.2. The molecule has 0 fully saturated rings. The van der Waals surface area contributed by atoms with Crippen LogP contribution in [0.3, 0.4) is 0 Å². The standard InChI is InChI=1S/C18H18N2O/c21-18(15-12-13-6-1-2-7-14(13)15)20-11-5-10-19-16-8-3-4-9-17(16)20/h1-4,6-9,15,19H,5,10-12H2. The Labute approximate surface area is 124 Å². The minimum Gasteiger partial charge on any atom is -0.383 e. The summed E-state index contributed by atoms with van der Waals surface area (Å²) >= 11 is 0. The van der Waals surface area contributed by atoms with Crippen LogP contribution in [0.2, 0.25) is 0 Å². The predicted octanol–water partition coefficient (Wildman–Crippen LogP) is 3.18. The lowest BCUT2D eigenvalue weighted by Gasteiger charge is -2.34. The van der Waals surface area contributed by atoms with Crippen molar-refractivity contribution in [2.45, 2.75) is 18.8 Å². The topological polar surface area (TPSA) is 32.3 Å². The van der Waals surface area contributed by atoms with Gasteiger partial charge in [0, 0.05) is 13.1 Å². The summed E-state index contributed by atoms with van der Waals surface area (Å²) in [6.45, 7) is 1.71. The minimum absolute atomic E-state index is 0.0346. The van der Waals surface area contributed by atoms with E-state index in [0.717, 1.165) is 37.3 Å². The molecule has 1 amide bonds. The van der Waals surface area contributed by atoms with Crippen molar-refractivity contribution >= 4 is 17.3 Å². The van der Waals surface area contributed by atoms with Crippen LogP contribution in [0.25, 0.3) is 0 Å². The minimum atomic E-state index is 0.0346. The van der Waals surface area contributed by atoms with E-state index in [9.17, 15) is 4.79 Å². The second kappa shape index (κ2) is 4.92. The zero-order valence-electron chi connectivity index (χ0n) is 11.9. The number of fused-ring (bicyclic) bond motifs is 2. The Hall–Kier alpha value is -2.29. The average Bonchev–Trinajstić information content (AvgIpc) is 2.71. The normalized spacial score (nSPS) is 19.6. The summed E-state index contributed by atoms with van der Waals surface area (Å²) in [5, 5.41) is 3.41. The summed E-state index contributed by atoms with van der Waals surface area (Å²) in [7, 11) is 0. The van der Waals surface area contributed by atoms with Gasteiger partial charge in [-0.15, -0.1) is 0 Å². The molecule has 3 heteroatoms. The summed E-state index contributed by atoms with van der Waals surface area (Å²) in [5.41, 5.74) is 4.61. The molecule has 1 heterocycles. The molecule has 3 nitrogen and oxygen atoms in total. The first-order chi connectivity index (χ1) is 10.3. The van der Waals surface area contributed by atoms with E-state index in [0.29, 0.717) is 0 Å². The van der Waals surface area contributed by atoms with Gasteiger partial charge in [-0.2, -0.15) is 0 Å². The molecule has 0 saturated carbocycles. The van der Waals surface area contributed by atoms with Crippen LogP contribution < -0.4 is 10.2 Å². The van der Waals surface area contributed by atoms with Crippen molar-refractivity contribution in [3.8, 4) is 0 Å². The van der Waals surface area contributed by atoms with Crippen LogP contribution in [0.5, 0.6) is 0 Å². The fraction of sp³-hybridized carbons (Fsp3) is 0.278. The highest BCUT2D eigenvalue weighted by atomic mass is 16.2. The van der Waals surface area contributed by atoms with E-state index < -0.39 is 0 Å². The maximum absolute atomic E-state index is 13.0. The Morgan fingerprint density at radius 3 is 2.81 bits per heavy atom. The smallest absolute Gasteiger partial charge is 0.234 e. The molecule has 2 aromatic rings. The molecule has 0 spiro atoms. The van der Waals surface area contributed by atoms with Crippen molar-refractivity contribution in [1.82, 2.24) is 0 Å². The third kappa shape index (κ3) is 2.00. The summed E-state index contributed by atoms with van der Waals surface area (Å²) in [5.74, 6) is 0.275. The van der Waals surface area contributed by atoms with Crippen LogP contribution in [-0.4, -0.2) is 19.0 Å². The monoisotopic (exact) mass is 278 g/mol. The Morgan fingerprint density at radius 1 is 1.10 bits per heavy atom. The number of anilines is 2. The van der Waals surface area contributed by atoms with Crippen molar-refractivity contribution in [1.29, 1.82) is 0 Å². The van der Waals surface area contributed by atoms with Crippen molar-refractivity contribution in [2.75, 3.05) is 23.3 Å². The maximum Gasteiger partial charge on any atom is 0.234 e. The molecule has 1 aliphatic carbocycles. The maximum atomic E-state index is 13.0. The molecule has 1 atom stereocenters. The summed E-state index contributed by atoms with van der Waals surface area (Å²) < 4.78 is 0. The Bertz CT molecular complexity index is 695. The highest BCUT2D eigenvalue weighted by molar-refractivity contribution is 6.02. The number of nitrogens with zero attached hydrogens (tertiary/aromatic N) is 1. The lowest BCUT2D eigenvalue weighted by atomic mass is 9.76. The fourth-order valence-electron chi connectivity index (χ4n) is 3.34. The van der Waals surface area contributed by atoms with Gasteiger partial charge < -0.3 is 10.2 Å². The number of nitrogens with one attached hydrogen (secondary N) is 1. The van der Waals surface area contributed by atoms with Gasteiger partial charge >= 0.3 is 0 Å². The molecule has 0 saturated heterocycles. The molecule has 0 radical (unpaired) electrons. The van der Waals surface area contributed by atoms with E-state index in [1.807, 2.05) is 35.2 Å². The molecule has 1 N–H and O–H groups in total. The molecule has 106 valence electrons. The number of benzene rings is 2. The summed E-state index contributed by atoms with van der Waals surface area (Å²) in [4.78, 5) is 14.9. The van der Waals surface area contributed by atoms with Crippen molar-refractivity contribution in [3.63, 3.8) is 0 Å². The van der Waals surface area contributed by atoms with Crippen LogP contribution in [0, 0.1) is 0 Å². The van der Waals surface area contributed by atoms with Crippen LogP contribution in [0.1, 0.15) is 23.5 Å². The van der Waals surface area contributed by atoms with Crippen LogP contribution in [0.4, 0.5) is 11.4 Å². The lowest BCUT2D eigenvalue weighted by molar-refractivity contribution is -0.120. The number of carbonyl (C=O) groups excluding carboxylic acids is 1. The van der Waals surface area contributed by atoms with Crippen molar-refractivity contribution in [3.05, 3.63) is 59.7 Å². The number of amides is 1. The van der Waals surface area contributed by atoms with Crippen molar-refractivity contribution < 1.29 is 4.79 Å². The highest BCUT2D eigenvalue weighted by Gasteiger charge is 2.35. The van der Waals surface area contributed by atoms with Crippen LogP contribution >= 0.6 is 0 Å². The van der Waals surface area contributed by atoms with Gasteiger partial charge in [0.25, 0.3) is 0 Å². The van der Waals surface area contributed by atoms with Crippen LogP contribution in [-0.2, 0) is 11.2 Å². The second-order valence-electron chi connectivity index (χ2n) is 5.74. The van der Waals surface area contributed by atoms with Gasteiger partial charge in [-0.25, -0.2) is 0 Å². The van der Waals surface area contributed by atoms with E-state index in [1.165, 1.54) is 11.1 Å². The number of carbonyl (C=O) groups is 1. The van der Waals surface area contributed by atoms with Gasteiger partial charge in [0.15, 0.2) is 0 Å². The van der Waals surface area contributed by atoms with Gasteiger partial charge in [-0.3, -0.25) is 4.79 Å². The fourth-order valence-corrected chi connectivity index (χ4v) is 3.34. The third-order valence-electron chi connectivity index (χ3n) is 4.49. The quantitative estimate of drug-likeness (QED) is 0.869. The van der Waals surface area contributed by atoms with Gasteiger partial charge in [-0.1, -0.05) is 36.4 Å². The van der Waals surface area contributed by atoms with E-state index in [2.05, 4.69) is 23.5 Å². The van der Waals surface area contributed by atoms with E-state index in [4.69, 9.17) is 0 Å². The summed E-state index contributed by atoms with van der Waals surface area (Å²) in [6, 6.07) is 16.4. The third-order valence-corrected chi connectivity index (χ3v) is 4.49. The number of hydrogen-bond donors (Lipinski definition) is 1. The molecular weight excluding hydrogens is 260 g/mol. The highest BCUT2D eigenvalue weighted by Crippen LogP contribution is 2.38. The molecule has 2 aliphatic rings. The van der Waals surface area contributed by atoms with Crippen LogP contribution in [0.15, 0.2) is 48.5 Å². The number of hydrogen-bond acceptors (Lipinski definition) is 2. The lowest BCUT2D eigenvalue weighted by Crippen LogP contribution is -2.39. The number of para-hydroxylation sites is 2. The summed E-state index contributed by atoms with van der Waals surface area (Å²) in [6.07, 6.45) is 1.86. The van der Waals surface area contributed by atoms with Gasteiger partial charge in [0.1, 0.15) is 0 Å². The molecule has 0 bridgehead atoms. The largest absolute Gasteiger partial charge is 0.383 e. The molecule has 1 unspecified atom stereocenters.